The van der Waals surface area contributed by atoms with Crippen molar-refractivity contribution in [2.24, 2.45) is 19.1 Å². The van der Waals surface area contributed by atoms with E-state index in [2.05, 4.69) is 12.1 Å². The number of nitrogens with zero attached hydrogens (tertiary/aromatic N) is 3. The second-order valence-electron chi connectivity index (χ2n) is 6.65. The predicted molar refractivity (Wildman–Crippen MR) is 115 cm³/mol. The minimum absolute atomic E-state index is 0.0705. The molecule has 142 valence electrons. The summed E-state index contributed by atoms with van der Waals surface area (Å²) in [5, 5.41) is 10.8. The molecule has 0 saturated heterocycles. The number of aromatic nitrogens is 2. The fourth-order valence-electron chi connectivity index (χ4n) is 3.31. The number of hydrogen-bond donors (Lipinski definition) is 1. The summed E-state index contributed by atoms with van der Waals surface area (Å²) in [6.07, 6.45) is 0.517. The van der Waals surface area contributed by atoms with E-state index in [-0.39, 0.29) is 27.0 Å². The molecule has 1 N–H and O–H groups in total. The first-order chi connectivity index (χ1) is 13.5. The monoisotopic (exact) mass is 409 g/mol. The molecular formula is C21H19N3O2S2. The summed E-state index contributed by atoms with van der Waals surface area (Å²) in [4.78, 5) is 18.8. The lowest BCUT2D eigenvalue weighted by Crippen LogP contribution is -2.29. The standard InChI is InChI=1S/C21H19N3O2S2/c1-23-19(25)18(20(26)24(2)21(23)27)15-12-17(13-8-4-3-5-9-13)28-16-11-7-6-10-14(16)22-15/h3-11,17,25H,12H2,1-2H3/t17-/m0/s1. The lowest BCUT2D eigenvalue weighted by Gasteiger charge is -2.17. The average Bonchev–Trinajstić information content (AvgIpc) is 2.91. The molecule has 1 atom stereocenters. The third-order valence-corrected chi connectivity index (χ3v) is 6.73. The van der Waals surface area contributed by atoms with Crippen molar-refractivity contribution in [3.05, 3.63) is 80.8 Å². The molecule has 5 nitrogen and oxygen atoms in total. The van der Waals surface area contributed by atoms with Crippen LogP contribution in [-0.4, -0.2) is 20.0 Å². The van der Waals surface area contributed by atoms with Crippen molar-refractivity contribution in [2.75, 3.05) is 0 Å². The molecule has 1 aliphatic heterocycles. The highest BCUT2D eigenvalue weighted by molar-refractivity contribution is 7.99. The van der Waals surface area contributed by atoms with Gasteiger partial charge in [0.2, 0.25) is 5.88 Å². The Labute approximate surface area is 172 Å². The van der Waals surface area contributed by atoms with Gasteiger partial charge in [0.05, 0.1) is 11.4 Å². The van der Waals surface area contributed by atoms with Crippen molar-refractivity contribution < 1.29 is 5.11 Å². The van der Waals surface area contributed by atoms with Gasteiger partial charge in [0.15, 0.2) is 4.77 Å². The predicted octanol–water partition coefficient (Wildman–Crippen LogP) is 4.52. The normalized spacial score (nSPS) is 16.2. The van der Waals surface area contributed by atoms with E-state index >= 15 is 0 Å². The highest BCUT2D eigenvalue weighted by atomic mass is 32.2. The van der Waals surface area contributed by atoms with Crippen molar-refractivity contribution >= 4 is 35.4 Å². The van der Waals surface area contributed by atoms with Crippen molar-refractivity contribution in [3.63, 3.8) is 0 Å². The van der Waals surface area contributed by atoms with E-state index in [4.69, 9.17) is 17.2 Å². The highest BCUT2D eigenvalue weighted by Crippen LogP contribution is 2.45. The molecular weight excluding hydrogens is 390 g/mol. The minimum atomic E-state index is -0.337. The first-order valence-electron chi connectivity index (χ1n) is 8.85. The van der Waals surface area contributed by atoms with Gasteiger partial charge in [-0.15, -0.1) is 11.8 Å². The number of thioether (sulfide) groups is 1. The van der Waals surface area contributed by atoms with Crippen LogP contribution in [0, 0.1) is 4.77 Å². The van der Waals surface area contributed by atoms with Gasteiger partial charge in [-0.05, 0) is 29.9 Å². The van der Waals surface area contributed by atoms with Gasteiger partial charge in [0.1, 0.15) is 5.56 Å². The van der Waals surface area contributed by atoms with Crippen LogP contribution in [0.15, 0.2) is 69.3 Å². The molecule has 2 heterocycles. The fourth-order valence-corrected chi connectivity index (χ4v) is 4.71. The second-order valence-corrected chi connectivity index (χ2v) is 8.26. The van der Waals surface area contributed by atoms with Crippen LogP contribution in [0.1, 0.15) is 22.8 Å². The van der Waals surface area contributed by atoms with Gasteiger partial charge in [0, 0.05) is 30.7 Å². The molecule has 0 radical (unpaired) electrons. The van der Waals surface area contributed by atoms with Crippen LogP contribution < -0.4 is 5.56 Å². The number of rotatable bonds is 2. The third-order valence-electron chi connectivity index (χ3n) is 4.86. The molecule has 0 bridgehead atoms. The summed E-state index contributed by atoms with van der Waals surface area (Å²) >= 11 is 6.96. The molecule has 3 aromatic rings. The van der Waals surface area contributed by atoms with E-state index in [9.17, 15) is 9.90 Å². The molecule has 28 heavy (non-hydrogen) atoms. The van der Waals surface area contributed by atoms with Gasteiger partial charge >= 0.3 is 0 Å². The van der Waals surface area contributed by atoms with E-state index in [1.165, 1.54) is 9.13 Å². The lowest BCUT2D eigenvalue weighted by molar-refractivity contribution is 0.414. The quantitative estimate of drug-likeness (QED) is 0.633. The van der Waals surface area contributed by atoms with Crippen LogP contribution in [0.5, 0.6) is 5.88 Å². The Balaban J connectivity index is 1.95. The van der Waals surface area contributed by atoms with Crippen LogP contribution in [0.2, 0.25) is 0 Å². The minimum Gasteiger partial charge on any atom is -0.494 e. The molecule has 0 spiro atoms. The number of para-hydroxylation sites is 1. The maximum Gasteiger partial charge on any atom is 0.267 e. The average molecular weight is 410 g/mol. The third kappa shape index (κ3) is 3.21. The molecule has 0 saturated carbocycles. The smallest absolute Gasteiger partial charge is 0.267 e. The van der Waals surface area contributed by atoms with Gasteiger partial charge in [0.25, 0.3) is 5.56 Å². The summed E-state index contributed by atoms with van der Waals surface area (Å²) in [6.45, 7) is 0. The summed E-state index contributed by atoms with van der Waals surface area (Å²) in [6, 6.07) is 18.0. The summed E-state index contributed by atoms with van der Waals surface area (Å²) in [5.74, 6) is -0.150. The zero-order chi connectivity index (χ0) is 19.8. The number of benzene rings is 2. The van der Waals surface area contributed by atoms with Crippen molar-refractivity contribution in [1.29, 1.82) is 0 Å². The van der Waals surface area contributed by atoms with Crippen LogP contribution in [-0.2, 0) is 14.1 Å². The maximum atomic E-state index is 13.0. The maximum absolute atomic E-state index is 13.0. The molecule has 1 aromatic heterocycles. The van der Waals surface area contributed by atoms with E-state index in [1.807, 2.05) is 42.5 Å². The fraction of sp³-hybridized carbons (Fsp3) is 0.190. The molecule has 0 unspecified atom stereocenters. The second kappa shape index (κ2) is 7.41. The van der Waals surface area contributed by atoms with Gasteiger partial charge in [-0.1, -0.05) is 42.5 Å². The van der Waals surface area contributed by atoms with E-state index in [0.29, 0.717) is 12.1 Å². The molecule has 0 aliphatic carbocycles. The van der Waals surface area contributed by atoms with Crippen molar-refractivity contribution in [1.82, 2.24) is 9.13 Å². The highest BCUT2D eigenvalue weighted by Gasteiger charge is 2.27. The Morgan fingerprint density at radius 1 is 1.07 bits per heavy atom. The van der Waals surface area contributed by atoms with Gasteiger partial charge in [-0.25, -0.2) is 0 Å². The number of fused-ring (bicyclic) bond motifs is 1. The molecule has 2 aromatic carbocycles. The number of aromatic hydroxyl groups is 1. The van der Waals surface area contributed by atoms with Crippen LogP contribution in [0.4, 0.5) is 5.69 Å². The number of hydrogen-bond acceptors (Lipinski definition) is 5. The molecule has 1 aliphatic rings. The summed E-state index contributed by atoms with van der Waals surface area (Å²) < 4.78 is 3.07. The van der Waals surface area contributed by atoms with E-state index < -0.39 is 0 Å². The summed E-state index contributed by atoms with van der Waals surface area (Å²) in [5.41, 5.74) is 2.38. The molecule has 4 rings (SSSR count). The Morgan fingerprint density at radius 3 is 2.50 bits per heavy atom. The van der Waals surface area contributed by atoms with E-state index in [1.54, 1.807) is 25.9 Å². The first kappa shape index (κ1) is 18.7. The van der Waals surface area contributed by atoms with Crippen LogP contribution >= 0.6 is 24.0 Å². The molecule has 7 heteroatoms. The largest absolute Gasteiger partial charge is 0.494 e. The molecule has 0 amide bonds. The van der Waals surface area contributed by atoms with Crippen LogP contribution in [0.3, 0.4) is 0 Å². The summed E-state index contributed by atoms with van der Waals surface area (Å²) in [7, 11) is 3.26. The van der Waals surface area contributed by atoms with Crippen LogP contribution in [0.25, 0.3) is 0 Å². The van der Waals surface area contributed by atoms with Crippen molar-refractivity contribution in [3.8, 4) is 5.88 Å². The van der Waals surface area contributed by atoms with E-state index in [0.717, 1.165) is 16.1 Å². The topological polar surface area (TPSA) is 59.5 Å². The Kier molecular flexibility index (Phi) is 4.95. The first-order valence-corrected chi connectivity index (χ1v) is 10.1. The van der Waals surface area contributed by atoms with Gasteiger partial charge in [-0.3, -0.25) is 18.9 Å². The Hall–Kier alpha value is -2.64. The zero-order valence-electron chi connectivity index (χ0n) is 15.5. The SMILES string of the molecule is Cn1c(O)c(C2=Nc3ccccc3S[C@H](c3ccccc3)C2)c(=O)n(C)c1=S. The zero-order valence-corrected chi connectivity index (χ0v) is 17.1. The lowest BCUT2D eigenvalue weighted by atomic mass is 10.0. The van der Waals surface area contributed by atoms with Gasteiger partial charge in [-0.2, -0.15) is 0 Å². The van der Waals surface area contributed by atoms with Crippen molar-refractivity contribution in [2.45, 2.75) is 16.6 Å². The Morgan fingerprint density at radius 2 is 1.75 bits per heavy atom. The van der Waals surface area contributed by atoms with Gasteiger partial charge < -0.3 is 5.11 Å². The number of aliphatic imine (C=N–C) groups is 1. The molecule has 0 fully saturated rings. The Bertz CT molecular complexity index is 1200.